The first-order chi connectivity index (χ1) is 17.5. The van der Waals surface area contributed by atoms with Crippen LogP contribution in [0.1, 0.15) is 54.9 Å². The van der Waals surface area contributed by atoms with Crippen molar-refractivity contribution in [2.24, 2.45) is 0 Å². The minimum Gasteiger partial charge on any atom is -0.381 e. The Morgan fingerprint density at radius 2 is 1.94 bits per heavy atom. The zero-order valence-electron chi connectivity index (χ0n) is 20.9. The lowest BCUT2D eigenvalue weighted by Crippen LogP contribution is -2.40. The van der Waals surface area contributed by atoms with Gasteiger partial charge in [-0.25, -0.2) is 4.98 Å². The van der Waals surface area contributed by atoms with Crippen LogP contribution in [0.25, 0.3) is 5.65 Å². The summed E-state index contributed by atoms with van der Waals surface area (Å²) >= 11 is 0. The van der Waals surface area contributed by atoms with Gasteiger partial charge in [-0.05, 0) is 50.7 Å². The van der Waals surface area contributed by atoms with Gasteiger partial charge in [0.05, 0.1) is 18.4 Å². The standard InChI is InChI=1S/C25H33N7O4/c1-26-22-13-21(29-20-8-5-9-31(25(20)34)16-11-18(12-16)36-3)30-23-19(14-27-32(22)23)24(33)28-15-6-4-7-17(10-15)35-2/h5,8-9,13-18,26H,4,6-7,10-12H2,1-3H3,(H,28,33)(H,29,30)/t15-,16?,17-,18?/m0/s1. The summed E-state index contributed by atoms with van der Waals surface area (Å²) in [7, 11) is 5.17. The van der Waals surface area contributed by atoms with Crippen molar-refractivity contribution in [3.63, 3.8) is 0 Å². The topological polar surface area (TPSA) is 124 Å². The first-order valence-corrected chi connectivity index (χ1v) is 12.4. The van der Waals surface area contributed by atoms with Gasteiger partial charge in [-0.3, -0.25) is 9.59 Å². The molecule has 1 amide bonds. The van der Waals surface area contributed by atoms with Gasteiger partial charge in [-0.15, -0.1) is 0 Å². The van der Waals surface area contributed by atoms with Crippen LogP contribution >= 0.6 is 0 Å². The second-order valence-corrected chi connectivity index (χ2v) is 9.51. The molecule has 0 bridgehead atoms. The summed E-state index contributed by atoms with van der Waals surface area (Å²) in [5.74, 6) is 0.854. The summed E-state index contributed by atoms with van der Waals surface area (Å²) < 4.78 is 14.2. The Bertz CT molecular complexity index is 1300. The third-order valence-corrected chi connectivity index (χ3v) is 7.30. The van der Waals surface area contributed by atoms with Crippen LogP contribution < -0.4 is 21.5 Å². The number of fused-ring (bicyclic) bond motifs is 1. The molecule has 2 saturated carbocycles. The molecule has 0 aromatic carbocycles. The highest BCUT2D eigenvalue weighted by molar-refractivity contribution is 6.00. The molecule has 0 aliphatic heterocycles. The molecule has 3 aromatic heterocycles. The second kappa shape index (κ2) is 10.3. The molecule has 5 rings (SSSR count). The van der Waals surface area contributed by atoms with Gasteiger partial charge in [0.15, 0.2) is 5.65 Å². The molecule has 0 saturated heterocycles. The largest absolute Gasteiger partial charge is 0.381 e. The van der Waals surface area contributed by atoms with E-state index in [9.17, 15) is 9.59 Å². The van der Waals surface area contributed by atoms with Gasteiger partial charge in [0, 0.05) is 45.6 Å². The van der Waals surface area contributed by atoms with E-state index in [1.165, 1.54) is 6.20 Å². The van der Waals surface area contributed by atoms with E-state index in [-0.39, 0.29) is 35.8 Å². The van der Waals surface area contributed by atoms with Gasteiger partial charge in [-0.2, -0.15) is 9.61 Å². The zero-order valence-corrected chi connectivity index (χ0v) is 20.9. The van der Waals surface area contributed by atoms with Crippen LogP contribution in [0.5, 0.6) is 0 Å². The summed E-state index contributed by atoms with van der Waals surface area (Å²) in [5.41, 5.74) is 1.07. The summed E-state index contributed by atoms with van der Waals surface area (Å²) in [4.78, 5) is 31.0. The number of amides is 1. The average Bonchev–Trinajstić information content (AvgIpc) is 3.29. The molecule has 3 aromatic rings. The number of ether oxygens (including phenoxy) is 2. The Hall–Kier alpha value is -3.44. The van der Waals surface area contributed by atoms with Gasteiger partial charge < -0.3 is 30.0 Å². The van der Waals surface area contributed by atoms with E-state index in [2.05, 4.69) is 26.0 Å². The maximum absolute atomic E-state index is 13.2. The van der Waals surface area contributed by atoms with Crippen LogP contribution in [0, 0.1) is 0 Å². The molecular formula is C25H33N7O4. The summed E-state index contributed by atoms with van der Waals surface area (Å²) in [5, 5.41) is 13.7. The molecule has 0 radical (unpaired) electrons. The molecule has 2 aliphatic carbocycles. The molecule has 11 heteroatoms. The van der Waals surface area contributed by atoms with Crippen molar-refractivity contribution in [3.8, 4) is 0 Å². The molecule has 36 heavy (non-hydrogen) atoms. The fraction of sp³-hybridized carbons (Fsp3) is 0.520. The Morgan fingerprint density at radius 1 is 1.14 bits per heavy atom. The number of nitrogens with one attached hydrogen (secondary N) is 3. The van der Waals surface area contributed by atoms with Crippen molar-refractivity contribution in [1.82, 2.24) is 24.5 Å². The molecule has 0 unspecified atom stereocenters. The van der Waals surface area contributed by atoms with E-state index in [1.807, 2.05) is 6.07 Å². The fourth-order valence-corrected chi connectivity index (χ4v) is 5.11. The van der Waals surface area contributed by atoms with E-state index < -0.39 is 0 Å². The fourth-order valence-electron chi connectivity index (χ4n) is 5.11. The smallest absolute Gasteiger partial charge is 0.274 e. The summed E-state index contributed by atoms with van der Waals surface area (Å²) in [6, 6.07) is 5.50. The molecule has 3 N–H and O–H groups in total. The van der Waals surface area contributed by atoms with Crippen LogP contribution in [0.4, 0.5) is 17.3 Å². The van der Waals surface area contributed by atoms with Gasteiger partial charge in [0.2, 0.25) is 0 Å². The monoisotopic (exact) mass is 495 g/mol. The Kier molecular flexibility index (Phi) is 6.92. The Balaban J connectivity index is 1.40. The van der Waals surface area contributed by atoms with Crippen molar-refractivity contribution in [2.45, 2.75) is 62.8 Å². The first kappa shape index (κ1) is 24.3. The second-order valence-electron chi connectivity index (χ2n) is 9.51. The molecule has 3 heterocycles. The number of nitrogens with zero attached hydrogens (tertiary/aromatic N) is 4. The number of aromatic nitrogens is 4. The number of pyridine rings is 1. The number of carbonyl (C=O) groups is 1. The lowest BCUT2D eigenvalue weighted by atomic mass is 9.89. The maximum atomic E-state index is 13.2. The molecule has 11 nitrogen and oxygen atoms in total. The number of rotatable bonds is 8. The van der Waals surface area contributed by atoms with E-state index in [4.69, 9.17) is 9.47 Å². The van der Waals surface area contributed by atoms with E-state index in [0.29, 0.717) is 28.5 Å². The number of hydrogen-bond donors (Lipinski definition) is 3. The third kappa shape index (κ3) is 4.68. The predicted molar refractivity (Wildman–Crippen MR) is 136 cm³/mol. The molecule has 192 valence electrons. The highest BCUT2D eigenvalue weighted by Crippen LogP contribution is 2.33. The third-order valence-electron chi connectivity index (χ3n) is 7.30. The van der Waals surface area contributed by atoms with Crippen LogP contribution in [0.2, 0.25) is 0 Å². The summed E-state index contributed by atoms with van der Waals surface area (Å²) in [6.07, 6.45) is 9.04. The molecule has 0 spiro atoms. The molecule has 2 fully saturated rings. The first-order valence-electron chi connectivity index (χ1n) is 12.4. The van der Waals surface area contributed by atoms with Gasteiger partial charge >= 0.3 is 0 Å². The van der Waals surface area contributed by atoms with Crippen molar-refractivity contribution in [2.75, 3.05) is 31.9 Å². The van der Waals surface area contributed by atoms with E-state index in [1.54, 1.807) is 48.7 Å². The quantitative estimate of drug-likeness (QED) is 0.436. The van der Waals surface area contributed by atoms with Crippen molar-refractivity contribution < 1.29 is 14.3 Å². The normalized spacial score (nSPS) is 23.8. The van der Waals surface area contributed by atoms with Crippen LogP contribution in [0.3, 0.4) is 0 Å². The van der Waals surface area contributed by atoms with Crippen molar-refractivity contribution in [1.29, 1.82) is 0 Å². The molecular weight excluding hydrogens is 462 g/mol. The minimum absolute atomic E-state index is 0.0447. The highest BCUT2D eigenvalue weighted by atomic mass is 16.5. The summed E-state index contributed by atoms with van der Waals surface area (Å²) in [6.45, 7) is 0. The Morgan fingerprint density at radius 3 is 2.69 bits per heavy atom. The van der Waals surface area contributed by atoms with Gasteiger partial charge in [-0.1, -0.05) is 0 Å². The Labute approximate surface area is 209 Å². The average molecular weight is 496 g/mol. The zero-order chi connectivity index (χ0) is 25.2. The number of methoxy groups -OCH3 is 2. The van der Waals surface area contributed by atoms with Crippen LogP contribution in [-0.2, 0) is 9.47 Å². The minimum atomic E-state index is -0.224. The lowest BCUT2D eigenvalue weighted by molar-refractivity contribution is 0.00522. The predicted octanol–water partition coefficient (Wildman–Crippen LogP) is 2.71. The van der Waals surface area contributed by atoms with E-state index >= 15 is 0 Å². The number of anilines is 3. The van der Waals surface area contributed by atoms with Crippen LogP contribution in [0.15, 0.2) is 35.4 Å². The van der Waals surface area contributed by atoms with Crippen molar-refractivity contribution in [3.05, 3.63) is 46.5 Å². The molecule has 2 atom stereocenters. The van der Waals surface area contributed by atoms with Gasteiger partial charge in [0.25, 0.3) is 11.5 Å². The lowest BCUT2D eigenvalue weighted by Gasteiger charge is -2.35. The highest BCUT2D eigenvalue weighted by Gasteiger charge is 2.31. The molecule has 2 aliphatic rings. The SMILES string of the molecule is CNc1cc(Nc2cccn(C3CC(OC)C3)c2=O)nc2c(C(=O)N[C@H]3CCC[C@H](OC)C3)cnn12. The van der Waals surface area contributed by atoms with E-state index in [0.717, 1.165) is 38.5 Å². The van der Waals surface area contributed by atoms with Crippen LogP contribution in [-0.4, -0.2) is 64.6 Å². The van der Waals surface area contributed by atoms with Gasteiger partial charge in [0.1, 0.15) is 22.9 Å². The number of carbonyl (C=O) groups excluding carboxylic acids is 1. The maximum Gasteiger partial charge on any atom is 0.274 e. The number of hydrogen-bond acceptors (Lipinski definition) is 8. The van der Waals surface area contributed by atoms with Crippen molar-refractivity contribution >= 4 is 28.9 Å².